The van der Waals surface area contributed by atoms with E-state index < -0.39 is 28.1 Å². The molecule has 0 amide bonds. The average Bonchev–Trinajstić information content (AvgIpc) is 2.79. The van der Waals surface area contributed by atoms with Crippen molar-refractivity contribution in [3.63, 3.8) is 0 Å². The third kappa shape index (κ3) is 9.02. The number of aliphatic carboxylic acids is 1. The number of hydrogen-bond donors (Lipinski definition) is 3. The van der Waals surface area contributed by atoms with Gasteiger partial charge in [-0.15, -0.1) is 0 Å². The Morgan fingerprint density at radius 1 is 1.11 bits per heavy atom. The molecule has 0 saturated carbocycles. The molecular weight excluding hydrogens is 503 g/mol. The number of carboxylic acids is 2. The van der Waals surface area contributed by atoms with Crippen LogP contribution in [0.4, 0.5) is 24.7 Å². The molecule has 200 valence electrons. The molecule has 0 atom stereocenters. The maximum Gasteiger partial charge on any atom is 0.490 e. The van der Waals surface area contributed by atoms with Crippen molar-refractivity contribution in [2.75, 3.05) is 22.7 Å². The molecule has 3 N–H and O–H groups in total. The molecule has 0 bridgehead atoms. The fourth-order valence-corrected chi connectivity index (χ4v) is 3.97. The zero-order valence-electron chi connectivity index (χ0n) is 20.3. The van der Waals surface area contributed by atoms with Gasteiger partial charge < -0.3 is 15.1 Å². The van der Waals surface area contributed by atoms with Gasteiger partial charge in [-0.3, -0.25) is 4.72 Å². The fraction of sp³-hybridized carbons (Fsp3) is 0.435. The molecule has 36 heavy (non-hydrogen) atoms. The summed E-state index contributed by atoms with van der Waals surface area (Å²) in [7, 11) is -3.85. The Balaban J connectivity index is 0.000000809. The lowest BCUT2D eigenvalue weighted by molar-refractivity contribution is -0.192. The number of nitrogens with one attached hydrogen (secondary N) is 1. The normalized spacial score (nSPS) is 11.4. The summed E-state index contributed by atoms with van der Waals surface area (Å²) >= 11 is 0. The summed E-state index contributed by atoms with van der Waals surface area (Å²) < 4.78 is 59.5. The van der Waals surface area contributed by atoms with Crippen LogP contribution in [0, 0.1) is 0 Å². The van der Waals surface area contributed by atoms with Crippen LogP contribution in [0.25, 0.3) is 0 Å². The first kappa shape index (κ1) is 30.7. The number of aromatic nitrogens is 1. The number of pyridine rings is 1. The van der Waals surface area contributed by atoms with Crippen LogP contribution in [-0.2, 0) is 14.8 Å². The molecule has 0 aliphatic heterocycles. The second-order valence-electron chi connectivity index (χ2n) is 7.97. The van der Waals surface area contributed by atoms with Gasteiger partial charge >= 0.3 is 18.1 Å². The monoisotopic (exact) mass is 533 g/mol. The Hall–Kier alpha value is -3.35. The third-order valence-corrected chi connectivity index (χ3v) is 6.31. The molecule has 9 nitrogen and oxygen atoms in total. The number of benzene rings is 1. The second-order valence-corrected chi connectivity index (χ2v) is 9.65. The highest BCUT2D eigenvalue weighted by molar-refractivity contribution is 7.92. The first-order chi connectivity index (χ1) is 16.6. The predicted molar refractivity (Wildman–Crippen MR) is 129 cm³/mol. The molecule has 0 unspecified atom stereocenters. The molecule has 1 heterocycles. The summed E-state index contributed by atoms with van der Waals surface area (Å²) in [4.78, 5) is 26.9. The van der Waals surface area contributed by atoms with Crippen LogP contribution < -0.4 is 9.62 Å². The van der Waals surface area contributed by atoms with Crippen LogP contribution in [0.15, 0.2) is 41.4 Å². The SMILES string of the molecule is CCCCN(CC)c1ncc(NS(=O)(=O)c2ccc(C(C)C)cc2)cc1C(=O)O.O=C(O)C(F)(F)F. The van der Waals surface area contributed by atoms with Gasteiger partial charge in [0.25, 0.3) is 10.0 Å². The molecule has 0 spiro atoms. The van der Waals surface area contributed by atoms with Crippen LogP contribution >= 0.6 is 0 Å². The summed E-state index contributed by atoms with van der Waals surface area (Å²) in [5.41, 5.74) is 1.12. The first-order valence-electron chi connectivity index (χ1n) is 11.0. The first-order valence-corrected chi connectivity index (χ1v) is 12.5. The molecule has 0 radical (unpaired) electrons. The molecule has 13 heteroatoms. The standard InChI is InChI=1S/C21H29N3O4S.C2HF3O2/c1-5-7-12-24(6-2)20-19(21(25)26)13-17(14-22-20)23-29(27,28)18-10-8-16(9-11-18)15(3)4;3-2(4,5)1(6)7/h8-11,13-15,23H,5-7,12H2,1-4H3,(H,25,26);(H,6,7). The zero-order valence-corrected chi connectivity index (χ0v) is 21.2. The number of halogens is 3. The summed E-state index contributed by atoms with van der Waals surface area (Å²) in [5, 5.41) is 16.7. The molecule has 0 aliphatic rings. The Kier molecular flexibility index (Phi) is 11.2. The zero-order chi connectivity index (χ0) is 27.7. The quantitative estimate of drug-likeness (QED) is 0.390. The lowest BCUT2D eigenvalue weighted by atomic mass is 10.0. The van der Waals surface area contributed by atoms with Crippen molar-refractivity contribution >= 4 is 33.5 Å². The Morgan fingerprint density at radius 3 is 2.08 bits per heavy atom. The minimum atomic E-state index is -5.08. The number of alkyl halides is 3. The maximum atomic E-state index is 12.7. The van der Waals surface area contributed by atoms with Crippen LogP contribution in [0.5, 0.6) is 0 Å². The van der Waals surface area contributed by atoms with Crippen molar-refractivity contribution < 1.29 is 41.4 Å². The molecule has 1 aromatic heterocycles. The number of anilines is 2. The Bertz CT molecular complexity index is 1140. The van der Waals surface area contributed by atoms with E-state index >= 15 is 0 Å². The van der Waals surface area contributed by atoms with Gasteiger partial charge in [-0.25, -0.2) is 23.0 Å². The summed E-state index contributed by atoms with van der Waals surface area (Å²) in [6, 6.07) is 7.95. The van der Waals surface area contributed by atoms with E-state index in [1.54, 1.807) is 24.3 Å². The van der Waals surface area contributed by atoms with Crippen molar-refractivity contribution in [3.8, 4) is 0 Å². The molecular formula is C23H30F3N3O6S. The van der Waals surface area contributed by atoms with Gasteiger partial charge in [0.15, 0.2) is 0 Å². The van der Waals surface area contributed by atoms with Crippen molar-refractivity contribution in [2.24, 2.45) is 0 Å². The average molecular weight is 534 g/mol. The minimum absolute atomic E-state index is 0.0293. The van der Waals surface area contributed by atoms with Gasteiger partial charge in [0.1, 0.15) is 11.4 Å². The summed E-state index contributed by atoms with van der Waals surface area (Å²) in [6.07, 6.45) is -1.84. The number of nitrogens with zero attached hydrogens (tertiary/aromatic N) is 2. The van der Waals surface area contributed by atoms with Crippen LogP contribution in [0.3, 0.4) is 0 Å². The van der Waals surface area contributed by atoms with E-state index in [4.69, 9.17) is 9.90 Å². The number of sulfonamides is 1. The van der Waals surface area contributed by atoms with Gasteiger partial charge in [0, 0.05) is 13.1 Å². The van der Waals surface area contributed by atoms with Crippen LogP contribution in [-0.4, -0.2) is 54.8 Å². The fourth-order valence-electron chi connectivity index (χ4n) is 2.93. The Labute approximate surface area is 208 Å². The van der Waals surface area contributed by atoms with Gasteiger partial charge in [-0.2, -0.15) is 13.2 Å². The van der Waals surface area contributed by atoms with E-state index in [0.717, 1.165) is 18.4 Å². The topological polar surface area (TPSA) is 137 Å². The maximum absolute atomic E-state index is 12.7. The number of aromatic carboxylic acids is 1. The lowest BCUT2D eigenvalue weighted by Crippen LogP contribution is -2.27. The van der Waals surface area contributed by atoms with E-state index in [0.29, 0.717) is 24.8 Å². The lowest BCUT2D eigenvalue weighted by Gasteiger charge is -2.23. The van der Waals surface area contributed by atoms with Gasteiger partial charge in [-0.05, 0) is 43.0 Å². The molecule has 0 saturated heterocycles. The molecule has 2 rings (SSSR count). The summed E-state index contributed by atoms with van der Waals surface area (Å²) in [5.74, 6) is -3.27. The van der Waals surface area contributed by atoms with E-state index in [1.165, 1.54) is 12.3 Å². The van der Waals surface area contributed by atoms with E-state index in [-0.39, 0.29) is 16.1 Å². The van der Waals surface area contributed by atoms with E-state index in [1.807, 2.05) is 25.7 Å². The Morgan fingerprint density at radius 2 is 1.67 bits per heavy atom. The smallest absolute Gasteiger partial charge is 0.478 e. The number of carboxylic acid groups (broad SMARTS) is 2. The van der Waals surface area contributed by atoms with Crippen molar-refractivity contribution in [2.45, 2.75) is 57.5 Å². The number of unbranched alkanes of at least 4 members (excludes halogenated alkanes) is 1. The van der Waals surface area contributed by atoms with Crippen LogP contribution in [0.2, 0.25) is 0 Å². The van der Waals surface area contributed by atoms with Gasteiger partial charge in [-0.1, -0.05) is 39.3 Å². The minimum Gasteiger partial charge on any atom is -0.478 e. The highest BCUT2D eigenvalue weighted by Crippen LogP contribution is 2.24. The third-order valence-electron chi connectivity index (χ3n) is 4.91. The molecule has 1 aromatic carbocycles. The number of rotatable bonds is 10. The van der Waals surface area contributed by atoms with Crippen LogP contribution in [0.1, 0.15) is 62.4 Å². The van der Waals surface area contributed by atoms with E-state index in [9.17, 15) is 31.5 Å². The van der Waals surface area contributed by atoms with Gasteiger partial charge in [0.2, 0.25) is 0 Å². The second kappa shape index (κ2) is 13.1. The van der Waals surface area contributed by atoms with Gasteiger partial charge in [0.05, 0.1) is 16.8 Å². The van der Waals surface area contributed by atoms with E-state index in [2.05, 4.69) is 16.6 Å². The number of carbonyl (C=O) groups is 2. The molecule has 0 fully saturated rings. The highest BCUT2D eigenvalue weighted by Gasteiger charge is 2.38. The van der Waals surface area contributed by atoms with Crippen molar-refractivity contribution in [1.82, 2.24) is 4.98 Å². The predicted octanol–water partition coefficient (Wildman–Crippen LogP) is 4.96. The highest BCUT2D eigenvalue weighted by atomic mass is 32.2. The largest absolute Gasteiger partial charge is 0.490 e. The summed E-state index contributed by atoms with van der Waals surface area (Å²) in [6.45, 7) is 9.35. The number of hydrogen-bond acceptors (Lipinski definition) is 6. The van der Waals surface area contributed by atoms with Crippen molar-refractivity contribution in [1.29, 1.82) is 0 Å². The molecule has 0 aliphatic carbocycles. The molecule has 2 aromatic rings. The van der Waals surface area contributed by atoms with Crippen molar-refractivity contribution in [3.05, 3.63) is 47.7 Å².